The molecule has 2 heteroatoms. The van der Waals surface area contributed by atoms with Gasteiger partial charge in [0.05, 0.1) is 13.2 Å². The summed E-state index contributed by atoms with van der Waals surface area (Å²) in [5, 5.41) is 0. The van der Waals surface area contributed by atoms with Gasteiger partial charge in [0.25, 0.3) is 0 Å². The van der Waals surface area contributed by atoms with Gasteiger partial charge in [0, 0.05) is 0 Å². The predicted molar refractivity (Wildman–Crippen MR) is 25.3 cm³/mol. The first-order valence-electron chi connectivity index (χ1n) is 2.11. The van der Waals surface area contributed by atoms with E-state index >= 15 is 0 Å². The SMILES string of the molecule is C=C1CO[CH]OC1. The van der Waals surface area contributed by atoms with E-state index in [4.69, 9.17) is 9.47 Å². The second kappa shape index (κ2) is 2.09. The van der Waals surface area contributed by atoms with Gasteiger partial charge < -0.3 is 9.47 Å². The van der Waals surface area contributed by atoms with Gasteiger partial charge in [0.1, 0.15) is 0 Å². The highest BCUT2D eigenvalue weighted by Gasteiger charge is 2.01. The number of hydrogen-bond donors (Lipinski definition) is 0. The van der Waals surface area contributed by atoms with E-state index in [-0.39, 0.29) is 0 Å². The molecule has 0 N–H and O–H groups in total. The fraction of sp³-hybridized carbons (Fsp3) is 0.400. The second-order valence-electron chi connectivity index (χ2n) is 1.47. The molecular formula is C5H7O2. The summed E-state index contributed by atoms with van der Waals surface area (Å²) in [5.41, 5.74) is 0.988. The van der Waals surface area contributed by atoms with Gasteiger partial charge in [0.15, 0.2) is 0 Å². The summed E-state index contributed by atoms with van der Waals surface area (Å²) in [6.07, 6.45) is 0. The normalized spacial score (nSPS) is 22.6. The van der Waals surface area contributed by atoms with Crippen molar-refractivity contribution in [2.24, 2.45) is 0 Å². The third-order valence-corrected chi connectivity index (χ3v) is 0.711. The van der Waals surface area contributed by atoms with Gasteiger partial charge in [-0.05, 0) is 5.57 Å². The van der Waals surface area contributed by atoms with Gasteiger partial charge in [-0.2, -0.15) is 0 Å². The maximum Gasteiger partial charge on any atom is 0.210 e. The Hall–Kier alpha value is -0.340. The fourth-order valence-corrected chi connectivity index (χ4v) is 0.394. The van der Waals surface area contributed by atoms with Crippen LogP contribution in [-0.4, -0.2) is 13.2 Å². The van der Waals surface area contributed by atoms with E-state index in [0.717, 1.165) is 5.57 Å². The lowest BCUT2D eigenvalue weighted by molar-refractivity contribution is 0.00447. The largest absolute Gasteiger partial charge is 0.343 e. The highest BCUT2D eigenvalue weighted by atomic mass is 16.7. The molecular weight excluding hydrogens is 92.1 g/mol. The average Bonchev–Trinajstić information content (AvgIpc) is 1.69. The monoisotopic (exact) mass is 99.0 g/mol. The van der Waals surface area contributed by atoms with Crippen LogP contribution < -0.4 is 0 Å². The van der Waals surface area contributed by atoms with Gasteiger partial charge in [-0.15, -0.1) is 0 Å². The van der Waals surface area contributed by atoms with Crippen LogP contribution in [0, 0.1) is 6.79 Å². The molecule has 0 unspecified atom stereocenters. The molecule has 39 valence electrons. The van der Waals surface area contributed by atoms with Crippen LogP contribution in [-0.2, 0) is 9.47 Å². The molecule has 0 aromatic carbocycles. The Labute approximate surface area is 42.7 Å². The topological polar surface area (TPSA) is 18.5 Å². The Kier molecular flexibility index (Phi) is 1.44. The van der Waals surface area contributed by atoms with E-state index in [2.05, 4.69) is 6.58 Å². The molecule has 1 radical (unpaired) electrons. The van der Waals surface area contributed by atoms with Crippen molar-refractivity contribution in [3.63, 3.8) is 0 Å². The van der Waals surface area contributed by atoms with Crippen molar-refractivity contribution in [1.82, 2.24) is 0 Å². The second-order valence-corrected chi connectivity index (χ2v) is 1.47. The molecule has 0 aromatic heterocycles. The summed E-state index contributed by atoms with van der Waals surface area (Å²) in [5.74, 6) is 0. The lowest BCUT2D eigenvalue weighted by Gasteiger charge is -2.11. The first kappa shape index (κ1) is 4.81. The van der Waals surface area contributed by atoms with Gasteiger partial charge in [-0.25, -0.2) is 0 Å². The van der Waals surface area contributed by atoms with E-state index in [1.54, 1.807) is 0 Å². The molecule has 1 heterocycles. The standard InChI is InChI=1S/C5H7O2/c1-5-2-6-4-7-3-5/h4H,1-3H2. The van der Waals surface area contributed by atoms with Crippen molar-refractivity contribution >= 4 is 0 Å². The van der Waals surface area contributed by atoms with Crippen molar-refractivity contribution in [3.05, 3.63) is 18.9 Å². The lowest BCUT2D eigenvalue weighted by Crippen LogP contribution is -2.09. The summed E-state index contributed by atoms with van der Waals surface area (Å²) in [7, 11) is 0. The molecule has 2 nitrogen and oxygen atoms in total. The molecule has 1 saturated heterocycles. The Bertz CT molecular complexity index is 70.1. The van der Waals surface area contributed by atoms with E-state index < -0.39 is 0 Å². The van der Waals surface area contributed by atoms with Gasteiger partial charge in [0.2, 0.25) is 6.79 Å². The van der Waals surface area contributed by atoms with Crippen LogP contribution >= 0.6 is 0 Å². The summed E-state index contributed by atoms with van der Waals surface area (Å²) in [4.78, 5) is 0. The summed E-state index contributed by atoms with van der Waals surface area (Å²) < 4.78 is 9.47. The zero-order valence-corrected chi connectivity index (χ0v) is 4.02. The van der Waals surface area contributed by atoms with Crippen LogP contribution in [0.15, 0.2) is 12.2 Å². The molecule has 0 bridgehead atoms. The quantitative estimate of drug-likeness (QED) is 0.416. The average molecular weight is 99.1 g/mol. The third-order valence-electron chi connectivity index (χ3n) is 0.711. The smallest absolute Gasteiger partial charge is 0.210 e. The van der Waals surface area contributed by atoms with Crippen molar-refractivity contribution in [3.8, 4) is 0 Å². The van der Waals surface area contributed by atoms with Crippen molar-refractivity contribution in [2.45, 2.75) is 0 Å². The number of ether oxygens (including phenoxy) is 2. The van der Waals surface area contributed by atoms with Gasteiger partial charge in [-0.3, -0.25) is 0 Å². The summed E-state index contributed by atoms with van der Waals surface area (Å²) in [6, 6.07) is 0. The van der Waals surface area contributed by atoms with E-state index in [1.165, 1.54) is 6.79 Å². The van der Waals surface area contributed by atoms with Crippen LogP contribution in [0.2, 0.25) is 0 Å². The Balaban J connectivity index is 2.25. The van der Waals surface area contributed by atoms with Crippen LogP contribution in [0.3, 0.4) is 0 Å². The highest BCUT2D eigenvalue weighted by molar-refractivity contribution is 4.96. The maximum atomic E-state index is 4.73. The zero-order valence-electron chi connectivity index (χ0n) is 4.02. The molecule has 0 spiro atoms. The first-order chi connectivity index (χ1) is 3.39. The Morgan fingerprint density at radius 1 is 1.43 bits per heavy atom. The van der Waals surface area contributed by atoms with Crippen molar-refractivity contribution < 1.29 is 9.47 Å². The summed E-state index contributed by atoms with van der Waals surface area (Å²) in [6.45, 7) is 6.21. The van der Waals surface area contributed by atoms with Crippen molar-refractivity contribution in [2.75, 3.05) is 13.2 Å². The molecule has 0 aliphatic carbocycles. The molecule has 1 fully saturated rings. The minimum absolute atomic E-state index is 0.611. The molecule has 1 aliphatic rings. The van der Waals surface area contributed by atoms with Gasteiger partial charge >= 0.3 is 0 Å². The van der Waals surface area contributed by atoms with E-state index in [0.29, 0.717) is 13.2 Å². The molecule has 0 aromatic rings. The minimum atomic E-state index is 0.611. The van der Waals surface area contributed by atoms with E-state index in [9.17, 15) is 0 Å². The third kappa shape index (κ3) is 1.29. The van der Waals surface area contributed by atoms with Crippen LogP contribution in [0.5, 0.6) is 0 Å². The number of rotatable bonds is 0. The van der Waals surface area contributed by atoms with Crippen LogP contribution in [0.1, 0.15) is 0 Å². The zero-order chi connectivity index (χ0) is 5.11. The van der Waals surface area contributed by atoms with Crippen LogP contribution in [0.4, 0.5) is 0 Å². The molecule has 1 aliphatic heterocycles. The fourth-order valence-electron chi connectivity index (χ4n) is 0.394. The number of hydrogen-bond acceptors (Lipinski definition) is 2. The lowest BCUT2D eigenvalue weighted by atomic mass is 10.3. The van der Waals surface area contributed by atoms with Crippen molar-refractivity contribution in [1.29, 1.82) is 0 Å². The first-order valence-corrected chi connectivity index (χ1v) is 2.11. The van der Waals surface area contributed by atoms with Gasteiger partial charge in [-0.1, -0.05) is 6.58 Å². The predicted octanol–water partition coefficient (Wildman–Crippen LogP) is 0.709. The Morgan fingerprint density at radius 3 is 2.29 bits per heavy atom. The van der Waals surface area contributed by atoms with E-state index in [1.807, 2.05) is 0 Å². The molecule has 0 saturated carbocycles. The molecule has 1 rings (SSSR count). The summed E-state index contributed by atoms with van der Waals surface area (Å²) >= 11 is 0. The maximum absolute atomic E-state index is 4.73. The molecule has 0 amide bonds. The Morgan fingerprint density at radius 2 is 2.00 bits per heavy atom. The molecule has 7 heavy (non-hydrogen) atoms. The minimum Gasteiger partial charge on any atom is -0.343 e. The molecule has 0 atom stereocenters. The van der Waals surface area contributed by atoms with Crippen LogP contribution in [0.25, 0.3) is 0 Å². The highest BCUT2D eigenvalue weighted by Crippen LogP contribution is 2.02.